The van der Waals surface area contributed by atoms with Gasteiger partial charge in [-0.1, -0.05) is 48.5 Å². The summed E-state index contributed by atoms with van der Waals surface area (Å²) in [5, 5.41) is 14.0. The molecule has 0 aromatic heterocycles. The van der Waals surface area contributed by atoms with Crippen molar-refractivity contribution < 1.29 is 28.6 Å². The molecule has 35 heavy (non-hydrogen) atoms. The maximum absolute atomic E-state index is 14.2. The zero-order chi connectivity index (χ0) is 25.2. The summed E-state index contributed by atoms with van der Waals surface area (Å²) < 4.78 is 19.6. The van der Waals surface area contributed by atoms with Crippen molar-refractivity contribution in [2.75, 3.05) is 11.9 Å². The summed E-state index contributed by atoms with van der Waals surface area (Å²) in [5.41, 5.74) is 3.27. The average Bonchev–Trinajstić information content (AvgIpc) is 3.10. The van der Waals surface area contributed by atoms with Gasteiger partial charge in [0.2, 0.25) is 0 Å². The second-order valence-electron chi connectivity index (χ2n) is 9.09. The van der Waals surface area contributed by atoms with Crippen LogP contribution in [0.1, 0.15) is 47.7 Å². The summed E-state index contributed by atoms with van der Waals surface area (Å²) in [6.45, 7) is 3.19. The van der Waals surface area contributed by atoms with Crippen LogP contribution in [-0.2, 0) is 9.53 Å². The summed E-state index contributed by atoms with van der Waals surface area (Å²) in [6, 6.07) is 19.3. The van der Waals surface area contributed by atoms with Gasteiger partial charge in [-0.2, -0.15) is 0 Å². The fourth-order valence-electron chi connectivity index (χ4n) is 4.35. The molecule has 7 nitrogen and oxygen atoms in total. The third-order valence-corrected chi connectivity index (χ3v) is 5.80. The highest BCUT2D eigenvalue weighted by Gasteiger charge is 2.29. The van der Waals surface area contributed by atoms with Gasteiger partial charge in [-0.3, -0.25) is 14.9 Å². The predicted octanol–water partition coefficient (Wildman–Crippen LogP) is 5.17. The van der Waals surface area contributed by atoms with Gasteiger partial charge in [0.05, 0.1) is 6.42 Å². The summed E-state index contributed by atoms with van der Waals surface area (Å²) >= 11 is 0. The van der Waals surface area contributed by atoms with Gasteiger partial charge in [-0.15, -0.1) is 0 Å². The molecule has 0 saturated carbocycles. The van der Waals surface area contributed by atoms with E-state index in [2.05, 4.69) is 10.6 Å². The Labute approximate surface area is 201 Å². The predicted molar refractivity (Wildman–Crippen MR) is 129 cm³/mol. The van der Waals surface area contributed by atoms with Crippen molar-refractivity contribution in [1.29, 1.82) is 0 Å². The Balaban J connectivity index is 1.43. The second kappa shape index (κ2) is 9.58. The number of benzene rings is 3. The zero-order valence-corrected chi connectivity index (χ0v) is 19.3. The van der Waals surface area contributed by atoms with Crippen molar-refractivity contribution in [2.24, 2.45) is 0 Å². The maximum Gasteiger partial charge on any atom is 0.411 e. The maximum atomic E-state index is 14.2. The van der Waals surface area contributed by atoms with E-state index in [1.165, 1.54) is 6.07 Å². The molecular weight excluding hydrogens is 451 g/mol. The molecule has 4 rings (SSSR count). The molecule has 2 amide bonds. The van der Waals surface area contributed by atoms with E-state index in [0.717, 1.165) is 34.4 Å². The van der Waals surface area contributed by atoms with Gasteiger partial charge in [0, 0.05) is 22.7 Å². The Morgan fingerprint density at radius 3 is 2.17 bits per heavy atom. The minimum absolute atomic E-state index is 0.0448. The fourth-order valence-corrected chi connectivity index (χ4v) is 4.35. The number of carboxylic acids is 1. The molecular formula is C27H25FN2O5. The van der Waals surface area contributed by atoms with Gasteiger partial charge in [0.1, 0.15) is 12.4 Å². The number of ether oxygens (including phenoxy) is 1. The minimum atomic E-state index is -1.08. The number of halogens is 1. The second-order valence-corrected chi connectivity index (χ2v) is 9.09. The standard InChI is InChI=1S/C27H25FN2O5/c1-27(2,14-24(31)32)30-25(33)16-11-17(28)13-18(12-16)29-26(34)35-15-23-21-9-5-3-7-19(21)20-8-4-6-10-22(20)23/h3-13,23H,14-15H2,1-2H3,(H,29,34)(H,30,33)(H,31,32). The number of hydrogen-bond acceptors (Lipinski definition) is 4. The smallest absolute Gasteiger partial charge is 0.411 e. The van der Waals surface area contributed by atoms with Crippen LogP contribution in [0.15, 0.2) is 66.7 Å². The zero-order valence-electron chi connectivity index (χ0n) is 19.3. The van der Waals surface area contributed by atoms with E-state index in [-0.39, 0.29) is 30.2 Å². The topological polar surface area (TPSA) is 105 Å². The monoisotopic (exact) mass is 476 g/mol. The fraction of sp³-hybridized carbons (Fsp3) is 0.222. The lowest BCUT2D eigenvalue weighted by Crippen LogP contribution is -2.45. The number of carboxylic acid groups (broad SMARTS) is 1. The van der Waals surface area contributed by atoms with E-state index >= 15 is 0 Å². The van der Waals surface area contributed by atoms with Gasteiger partial charge < -0.3 is 15.2 Å². The molecule has 8 heteroatoms. The van der Waals surface area contributed by atoms with Crippen molar-refractivity contribution in [2.45, 2.75) is 31.7 Å². The lowest BCUT2D eigenvalue weighted by molar-refractivity contribution is -0.138. The molecule has 1 aliphatic carbocycles. The van der Waals surface area contributed by atoms with Gasteiger partial charge in [0.15, 0.2) is 0 Å². The lowest BCUT2D eigenvalue weighted by Gasteiger charge is -2.24. The van der Waals surface area contributed by atoms with Gasteiger partial charge in [-0.05, 0) is 54.3 Å². The molecule has 1 aliphatic rings. The van der Waals surface area contributed by atoms with Crippen LogP contribution in [0.4, 0.5) is 14.9 Å². The minimum Gasteiger partial charge on any atom is -0.481 e. The van der Waals surface area contributed by atoms with Crippen LogP contribution in [-0.4, -0.2) is 35.2 Å². The quantitative estimate of drug-likeness (QED) is 0.436. The Morgan fingerprint density at radius 1 is 0.971 bits per heavy atom. The summed E-state index contributed by atoms with van der Waals surface area (Å²) in [5.74, 6) is -2.60. The third-order valence-electron chi connectivity index (χ3n) is 5.80. The van der Waals surface area contributed by atoms with Crippen molar-refractivity contribution in [3.63, 3.8) is 0 Å². The van der Waals surface area contributed by atoms with Gasteiger partial charge in [0.25, 0.3) is 5.91 Å². The van der Waals surface area contributed by atoms with Crippen LogP contribution in [0.3, 0.4) is 0 Å². The van der Waals surface area contributed by atoms with Crippen molar-refractivity contribution in [1.82, 2.24) is 5.32 Å². The molecule has 0 radical (unpaired) electrons. The molecule has 0 bridgehead atoms. The molecule has 0 heterocycles. The van der Waals surface area contributed by atoms with E-state index in [1.807, 2.05) is 48.5 Å². The number of carbonyl (C=O) groups is 3. The molecule has 0 saturated heterocycles. The van der Waals surface area contributed by atoms with Crippen LogP contribution >= 0.6 is 0 Å². The highest BCUT2D eigenvalue weighted by Crippen LogP contribution is 2.44. The molecule has 180 valence electrons. The van der Waals surface area contributed by atoms with Crippen LogP contribution in [0.5, 0.6) is 0 Å². The highest BCUT2D eigenvalue weighted by molar-refractivity contribution is 5.97. The van der Waals surface area contributed by atoms with Crippen LogP contribution < -0.4 is 10.6 Å². The molecule has 0 spiro atoms. The molecule has 0 atom stereocenters. The van der Waals surface area contributed by atoms with Gasteiger partial charge in [-0.25, -0.2) is 9.18 Å². The summed E-state index contributed by atoms with van der Waals surface area (Å²) in [6.07, 6.45) is -1.09. The molecule has 0 aliphatic heterocycles. The van der Waals surface area contributed by atoms with E-state index < -0.39 is 29.3 Å². The van der Waals surface area contributed by atoms with Gasteiger partial charge >= 0.3 is 12.1 Å². The van der Waals surface area contributed by atoms with E-state index in [0.29, 0.717) is 0 Å². The van der Waals surface area contributed by atoms with E-state index in [1.54, 1.807) is 13.8 Å². The number of anilines is 1. The van der Waals surface area contributed by atoms with E-state index in [4.69, 9.17) is 9.84 Å². The first-order valence-corrected chi connectivity index (χ1v) is 11.1. The normalized spacial score (nSPS) is 12.4. The van der Waals surface area contributed by atoms with Crippen molar-refractivity contribution in [3.8, 4) is 11.1 Å². The van der Waals surface area contributed by atoms with E-state index in [9.17, 15) is 18.8 Å². The molecule has 3 aromatic carbocycles. The molecule has 0 unspecified atom stereocenters. The summed E-state index contributed by atoms with van der Waals surface area (Å²) in [7, 11) is 0. The first-order valence-electron chi connectivity index (χ1n) is 11.1. The number of aliphatic carboxylic acids is 1. The average molecular weight is 477 g/mol. The third kappa shape index (κ3) is 5.48. The van der Waals surface area contributed by atoms with Crippen LogP contribution in [0.25, 0.3) is 11.1 Å². The molecule has 0 fully saturated rings. The number of amides is 2. The SMILES string of the molecule is CC(C)(CC(=O)O)NC(=O)c1cc(F)cc(NC(=O)OCC2c3ccccc3-c3ccccc32)c1. The number of fused-ring (bicyclic) bond motifs is 3. The molecule has 3 aromatic rings. The number of rotatable bonds is 7. The molecule has 3 N–H and O–H groups in total. The Kier molecular flexibility index (Phi) is 6.55. The van der Waals surface area contributed by atoms with Crippen LogP contribution in [0.2, 0.25) is 0 Å². The number of nitrogens with one attached hydrogen (secondary N) is 2. The lowest BCUT2D eigenvalue weighted by atomic mass is 9.98. The Bertz CT molecular complexity index is 1260. The first kappa shape index (κ1) is 23.9. The number of carbonyl (C=O) groups excluding carboxylic acids is 2. The Hall–Kier alpha value is -4.20. The van der Waals surface area contributed by atoms with Crippen molar-refractivity contribution in [3.05, 3.63) is 89.2 Å². The van der Waals surface area contributed by atoms with Crippen LogP contribution in [0, 0.1) is 5.82 Å². The Morgan fingerprint density at radius 2 is 1.57 bits per heavy atom. The van der Waals surface area contributed by atoms with Crippen molar-refractivity contribution >= 4 is 23.7 Å². The number of hydrogen-bond donors (Lipinski definition) is 3. The summed E-state index contributed by atoms with van der Waals surface area (Å²) in [4.78, 5) is 36.0. The largest absolute Gasteiger partial charge is 0.481 e. The first-order chi connectivity index (χ1) is 16.6. The highest BCUT2D eigenvalue weighted by atomic mass is 19.1.